The highest BCUT2D eigenvalue weighted by Crippen LogP contribution is 2.46. The highest BCUT2D eigenvalue weighted by Gasteiger charge is 2.33. The van der Waals surface area contributed by atoms with Crippen molar-refractivity contribution in [3.05, 3.63) is 77.4 Å². The minimum atomic E-state index is -0.0245. The number of hydrogen-bond acceptors (Lipinski definition) is 3. The lowest BCUT2D eigenvalue weighted by atomic mass is 9.77. The maximum atomic E-state index is 12.8. The molecule has 26 heavy (non-hydrogen) atoms. The second-order valence-electron chi connectivity index (χ2n) is 7.09. The maximum absolute atomic E-state index is 12.8. The third-order valence-electron chi connectivity index (χ3n) is 5.48. The summed E-state index contributed by atoms with van der Waals surface area (Å²) in [5.74, 6) is 0.498. The average Bonchev–Trinajstić information content (AvgIpc) is 2.66. The lowest BCUT2D eigenvalue weighted by Crippen LogP contribution is -2.25. The fraction of sp³-hybridized carbons (Fsp3) is 0.174. The second-order valence-corrected chi connectivity index (χ2v) is 7.09. The predicted octanol–water partition coefficient (Wildman–Crippen LogP) is 5.22. The molecule has 0 bridgehead atoms. The van der Waals surface area contributed by atoms with Gasteiger partial charge in [-0.3, -0.25) is 4.79 Å². The topological polar surface area (TPSA) is 49.3 Å². The second kappa shape index (κ2) is 5.73. The van der Waals surface area contributed by atoms with E-state index in [9.17, 15) is 9.90 Å². The Morgan fingerprint density at radius 3 is 2.42 bits per heavy atom. The average molecular weight is 341 g/mol. The molecule has 0 saturated heterocycles. The molecule has 0 saturated carbocycles. The van der Waals surface area contributed by atoms with Crippen LogP contribution in [0.3, 0.4) is 0 Å². The van der Waals surface area contributed by atoms with Crippen LogP contribution in [0.2, 0.25) is 0 Å². The van der Waals surface area contributed by atoms with Crippen LogP contribution in [0.4, 0.5) is 5.69 Å². The Morgan fingerprint density at radius 1 is 0.923 bits per heavy atom. The number of Topliss-reactive ketones (excluding diaryl/α,β-unsaturated/α-hetero) is 1. The highest BCUT2D eigenvalue weighted by atomic mass is 16.3. The molecule has 0 spiro atoms. The number of ketones is 1. The van der Waals surface area contributed by atoms with Crippen molar-refractivity contribution in [2.75, 3.05) is 5.32 Å². The summed E-state index contributed by atoms with van der Waals surface area (Å²) in [6, 6.07) is 19.8. The van der Waals surface area contributed by atoms with Crippen LogP contribution in [-0.4, -0.2) is 10.9 Å². The number of fused-ring (bicyclic) bond motifs is 3. The normalized spacial score (nSPS) is 19.1. The summed E-state index contributed by atoms with van der Waals surface area (Å²) >= 11 is 0. The van der Waals surface area contributed by atoms with Gasteiger partial charge in [-0.25, -0.2) is 0 Å². The molecule has 0 amide bonds. The number of phenols is 1. The molecule has 3 heteroatoms. The standard InChI is InChI=1S/C23H19NO2/c25-17-10-8-14(9-11-17)23-18-6-3-7-21(26)22(18)19-12-15-4-1-2-5-16(15)13-20(19)24-23/h1-2,4-5,8-13,23-25H,3,6-7H2/t23-/m0/s1. The number of carbonyl (C=O) groups excluding carboxylic acids is 1. The van der Waals surface area contributed by atoms with Gasteiger partial charge in [0.2, 0.25) is 0 Å². The van der Waals surface area contributed by atoms with E-state index >= 15 is 0 Å². The summed E-state index contributed by atoms with van der Waals surface area (Å²) in [7, 11) is 0. The summed E-state index contributed by atoms with van der Waals surface area (Å²) < 4.78 is 0. The number of allylic oxidation sites excluding steroid dienone is 1. The van der Waals surface area contributed by atoms with Crippen molar-refractivity contribution in [1.29, 1.82) is 0 Å². The summed E-state index contributed by atoms with van der Waals surface area (Å²) in [5.41, 5.74) is 5.18. The molecule has 0 unspecified atom stereocenters. The van der Waals surface area contributed by atoms with Crippen molar-refractivity contribution in [3.63, 3.8) is 0 Å². The number of hydrogen-bond donors (Lipinski definition) is 2. The van der Waals surface area contributed by atoms with E-state index in [-0.39, 0.29) is 17.6 Å². The maximum Gasteiger partial charge on any atom is 0.163 e. The minimum Gasteiger partial charge on any atom is -0.508 e. The van der Waals surface area contributed by atoms with Gasteiger partial charge in [0.1, 0.15) is 5.75 Å². The lowest BCUT2D eigenvalue weighted by Gasteiger charge is -2.35. The minimum absolute atomic E-state index is 0.0245. The number of benzene rings is 3. The van der Waals surface area contributed by atoms with Crippen LogP contribution < -0.4 is 5.32 Å². The lowest BCUT2D eigenvalue weighted by molar-refractivity contribution is -0.114. The Kier molecular flexibility index (Phi) is 3.35. The van der Waals surface area contributed by atoms with E-state index in [2.05, 4.69) is 29.6 Å². The van der Waals surface area contributed by atoms with Crippen molar-refractivity contribution in [2.24, 2.45) is 0 Å². The first-order chi connectivity index (χ1) is 12.7. The van der Waals surface area contributed by atoms with Gasteiger partial charge < -0.3 is 10.4 Å². The van der Waals surface area contributed by atoms with Gasteiger partial charge in [0.05, 0.1) is 6.04 Å². The number of aromatic hydroxyl groups is 1. The largest absolute Gasteiger partial charge is 0.508 e. The SMILES string of the molecule is O=C1CCCC2=C1c1cc3ccccc3cc1N[C@H]2c1ccc(O)cc1. The molecule has 1 aliphatic heterocycles. The molecule has 0 aromatic heterocycles. The first kappa shape index (κ1) is 15.2. The summed E-state index contributed by atoms with van der Waals surface area (Å²) in [5, 5.41) is 15.6. The van der Waals surface area contributed by atoms with Crippen molar-refractivity contribution in [3.8, 4) is 5.75 Å². The quantitative estimate of drug-likeness (QED) is 0.638. The molecule has 1 aliphatic carbocycles. The molecular weight excluding hydrogens is 322 g/mol. The van der Waals surface area contributed by atoms with E-state index in [0.29, 0.717) is 6.42 Å². The van der Waals surface area contributed by atoms with Crippen LogP contribution in [0, 0.1) is 0 Å². The van der Waals surface area contributed by atoms with Crippen molar-refractivity contribution < 1.29 is 9.90 Å². The number of rotatable bonds is 1. The molecule has 2 aliphatic rings. The van der Waals surface area contributed by atoms with E-state index < -0.39 is 0 Å². The van der Waals surface area contributed by atoms with Gasteiger partial charge in [-0.2, -0.15) is 0 Å². The fourth-order valence-corrected chi connectivity index (χ4v) is 4.24. The van der Waals surface area contributed by atoms with Crippen LogP contribution in [-0.2, 0) is 4.79 Å². The Morgan fingerprint density at radius 2 is 1.65 bits per heavy atom. The predicted molar refractivity (Wildman–Crippen MR) is 104 cm³/mol. The van der Waals surface area contributed by atoms with Gasteiger partial charge in [-0.1, -0.05) is 36.4 Å². The van der Waals surface area contributed by atoms with Crippen molar-refractivity contribution >= 4 is 27.8 Å². The highest BCUT2D eigenvalue weighted by molar-refractivity contribution is 6.25. The van der Waals surface area contributed by atoms with Crippen LogP contribution in [0.15, 0.2) is 66.2 Å². The molecular formula is C23H19NO2. The molecule has 0 fully saturated rings. The van der Waals surface area contributed by atoms with Crippen LogP contribution in [0.25, 0.3) is 16.3 Å². The zero-order valence-electron chi connectivity index (χ0n) is 14.3. The van der Waals surface area contributed by atoms with E-state index in [1.165, 1.54) is 5.57 Å². The van der Waals surface area contributed by atoms with Crippen LogP contribution in [0.5, 0.6) is 5.75 Å². The molecule has 3 aromatic rings. The number of nitrogens with one attached hydrogen (secondary N) is 1. The molecule has 0 radical (unpaired) electrons. The Labute approximate surface area is 152 Å². The molecule has 2 N–H and O–H groups in total. The summed E-state index contributed by atoms with van der Waals surface area (Å²) in [4.78, 5) is 12.8. The van der Waals surface area contributed by atoms with Gasteiger partial charge in [0.25, 0.3) is 0 Å². The number of anilines is 1. The molecule has 5 rings (SSSR count). The van der Waals surface area contributed by atoms with E-state index in [1.807, 2.05) is 24.3 Å². The molecule has 3 nitrogen and oxygen atoms in total. The summed E-state index contributed by atoms with van der Waals surface area (Å²) in [6.45, 7) is 0. The smallest absolute Gasteiger partial charge is 0.163 e. The van der Waals surface area contributed by atoms with E-state index in [1.54, 1.807) is 12.1 Å². The van der Waals surface area contributed by atoms with Crippen molar-refractivity contribution in [2.45, 2.75) is 25.3 Å². The van der Waals surface area contributed by atoms with E-state index in [0.717, 1.165) is 46.0 Å². The molecule has 1 heterocycles. The first-order valence-electron chi connectivity index (χ1n) is 9.05. The van der Waals surface area contributed by atoms with Gasteiger partial charge in [0, 0.05) is 23.2 Å². The molecule has 1 atom stereocenters. The fourth-order valence-electron chi connectivity index (χ4n) is 4.24. The van der Waals surface area contributed by atoms with Crippen LogP contribution >= 0.6 is 0 Å². The van der Waals surface area contributed by atoms with Gasteiger partial charge in [-0.05, 0) is 59.0 Å². The number of phenolic OH excluding ortho intramolecular Hbond substituents is 1. The molecule has 128 valence electrons. The summed E-state index contributed by atoms with van der Waals surface area (Å²) in [6.07, 6.45) is 2.44. The van der Waals surface area contributed by atoms with E-state index in [4.69, 9.17) is 0 Å². The zero-order chi connectivity index (χ0) is 17.7. The monoisotopic (exact) mass is 341 g/mol. The van der Waals surface area contributed by atoms with Crippen LogP contribution in [0.1, 0.15) is 36.4 Å². The van der Waals surface area contributed by atoms with Gasteiger partial charge in [-0.15, -0.1) is 0 Å². The molecule has 3 aromatic carbocycles. The third kappa shape index (κ3) is 2.31. The van der Waals surface area contributed by atoms with Gasteiger partial charge in [0.15, 0.2) is 5.78 Å². The van der Waals surface area contributed by atoms with Crippen molar-refractivity contribution in [1.82, 2.24) is 0 Å². The third-order valence-corrected chi connectivity index (χ3v) is 5.48. The number of carbonyl (C=O) groups is 1. The van der Waals surface area contributed by atoms with Gasteiger partial charge >= 0.3 is 0 Å². The Hall–Kier alpha value is -3.07. The Balaban J connectivity index is 1.74. The first-order valence-corrected chi connectivity index (χ1v) is 9.05. The Bertz CT molecular complexity index is 1060. The zero-order valence-corrected chi connectivity index (χ0v) is 14.3.